The van der Waals surface area contributed by atoms with Crippen LogP contribution in [0.25, 0.3) is 0 Å². The van der Waals surface area contributed by atoms with E-state index in [1.807, 2.05) is 13.0 Å². The standard InChI is InChI=1S/C36H55NO9/c1-22-10-7-5-6-8-12-28(38)25(4)32-18-14-24(3)36(44,46-32)33(41)34(42)37-19-9-11-27(37)35(43)45-31(17-13-22)23(2)20-26-15-16-29(39)30(40)21-26/h7-8,10,12,22-27,29-32,39-40,44H,5-6,9,11,13-21H2,1-4H3/b10-7+,12-8+/t22-,23+,24-,25+,26+,27+,29-,30-,31+,32+,36-/m1/s1. The van der Waals surface area contributed by atoms with Crippen LogP contribution in [0.15, 0.2) is 24.3 Å². The molecular weight excluding hydrogens is 590 g/mol. The molecule has 0 aromatic heterocycles. The topological polar surface area (TPSA) is 151 Å². The summed E-state index contributed by atoms with van der Waals surface area (Å²) in [4.78, 5) is 55.2. The minimum absolute atomic E-state index is 0.0276. The van der Waals surface area contributed by atoms with E-state index in [4.69, 9.17) is 9.47 Å². The molecule has 0 aromatic rings. The highest BCUT2D eigenvalue weighted by molar-refractivity contribution is 6.39. The van der Waals surface area contributed by atoms with Crippen molar-refractivity contribution in [3.8, 4) is 0 Å². The van der Waals surface area contributed by atoms with Gasteiger partial charge in [0.25, 0.3) is 11.7 Å². The largest absolute Gasteiger partial charge is 0.461 e. The van der Waals surface area contributed by atoms with Crippen LogP contribution in [0.4, 0.5) is 0 Å². The van der Waals surface area contributed by atoms with Crippen LogP contribution < -0.4 is 0 Å². The molecule has 258 valence electrons. The van der Waals surface area contributed by atoms with Gasteiger partial charge in [0, 0.05) is 18.4 Å². The lowest BCUT2D eigenvalue weighted by molar-refractivity contribution is -0.268. The maximum absolute atomic E-state index is 13.7. The van der Waals surface area contributed by atoms with Gasteiger partial charge in [0.2, 0.25) is 5.79 Å². The summed E-state index contributed by atoms with van der Waals surface area (Å²) in [6.45, 7) is 7.70. The molecule has 3 fully saturated rings. The minimum atomic E-state index is -2.40. The van der Waals surface area contributed by atoms with Gasteiger partial charge in [-0.3, -0.25) is 14.4 Å². The number of fused-ring (bicyclic) bond motifs is 3. The Labute approximate surface area is 273 Å². The summed E-state index contributed by atoms with van der Waals surface area (Å²) < 4.78 is 12.1. The Hall–Kier alpha value is -2.40. The van der Waals surface area contributed by atoms with E-state index in [-0.39, 0.29) is 30.1 Å². The molecule has 2 saturated heterocycles. The number of allylic oxidation sites excluding steroid dienone is 4. The van der Waals surface area contributed by atoms with Crippen molar-refractivity contribution < 1.29 is 44.0 Å². The number of carbonyl (C=O) groups excluding carboxylic acids is 4. The van der Waals surface area contributed by atoms with E-state index in [1.165, 1.54) is 11.0 Å². The lowest BCUT2D eigenvalue weighted by atomic mass is 9.78. The molecule has 10 heteroatoms. The lowest BCUT2D eigenvalue weighted by Gasteiger charge is -2.42. The van der Waals surface area contributed by atoms with Crippen molar-refractivity contribution in [2.24, 2.45) is 29.6 Å². The molecule has 3 aliphatic heterocycles. The number of rotatable bonds is 3. The third-order valence-electron chi connectivity index (χ3n) is 10.8. The molecular formula is C36H55NO9. The third kappa shape index (κ3) is 8.74. The first kappa shape index (κ1) is 36.4. The predicted molar refractivity (Wildman–Crippen MR) is 171 cm³/mol. The van der Waals surface area contributed by atoms with Crippen LogP contribution in [0.2, 0.25) is 0 Å². The van der Waals surface area contributed by atoms with Gasteiger partial charge >= 0.3 is 5.97 Å². The second-order valence-electron chi connectivity index (χ2n) is 14.5. The lowest BCUT2D eigenvalue weighted by Crippen LogP contribution is -2.60. The van der Waals surface area contributed by atoms with Gasteiger partial charge < -0.3 is 29.7 Å². The van der Waals surface area contributed by atoms with Crippen LogP contribution in [-0.4, -0.2) is 86.5 Å². The van der Waals surface area contributed by atoms with Crippen molar-refractivity contribution in [3.05, 3.63) is 24.3 Å². The van der Waals surface area contributed by atoms with Crippen molar-refractivity contribution in [2.45, 2.75) is 141 Å². The fourth-order valence-corrected chi connectivity index (χ4v) is 7.56. The van der Waals surface area contributed by atoms with Crippen LogP contribution >= 0.6 is 0 Å². The van der Waals surface area contributed by atoms with Crippen LogP contribution in [0.3, 0.4) is 0 Å². The molecule has 1 aliphatic carbocycles. The number of Topliss-reactive ketones (excluding diaryl/α,β-unsaturated/α-hetero) is 1. The van der Waals surface area contributed by atoms with Gasteiger partial charge in [-0.1, -0.05) is 45.9 Å². The molecule has 1 saturated carbocycles. The molecule has 1 amide bonds. The Balaban J connectivity index is 1.57. The molecule has 4 rings (SSSR count). The minimum Gasteiger partial charge on any atom is -0.461 e. The number of esters is 1. The monoisotopic (exact) mass is 645 g/mol. The Kier molecular flexibility index (Phi) is 12.8. The van der Waals surface area contributed by atoms with E-state index in [0.717, 1.165) is 25.7 Å². The zero-order valence-corrected chi connectivity index (χ0v) is 28.0. The Bertz CT molecular complexity index is 1150. The Morgan fingerprint density at radius 1 is 0.935 bits per heavy atom. The van der Waals surface area contributed by atoms with Gasteiger partial charge in [0.15, 0.2) is 5.78 Å². The van der Waals surface area contributed by atoms with Crippen molar-refractivity contribution in [1.29, 1.82) is 0 Å². The van der Waals surface area contributed by atoms with E-state index in [2.05, 4.69) is 19.1 Å². The van der Waals surface area contributed by atoms with Crippen LogP contribution in [0.1, 0.15) is 105 Å². The molecule has 0 radical (unpaired) electrons. The number of hydrogen-bond donors (Lipinski definition) is 3. The summed E-state index contributed by atoms with van der Waals surface area (Å²) in [5.74, 6) is -6.11. The summed E-state index contributed by atoms with van der Waals surface area (Å²) in [6, 6.07) is -0.951. The number of ether oxygens (including phenoxy) is 2. The zero-order chi connectivity index (χ0) is 33.6. The molecule has 3 N–H and O–H groups in total. The quantitative estimate of drug-likeness (QED) is 0.235. The van der Waals surface area contributed by atoms with Gasteiger partial charge in [0.05, 0.1) is 18.3 Å². The highest BCUT2D eigenvalue weighted by atomic mass is 16.6. The van der Waals surface area contributed by atoms with Crippen molar-refractivity contribution >= 4 is 23.4 Å². The maximum Gasteiger partial charge on any atom is 0.329 e. The molecule has 0 unspecified atom stereocenters. The summed E-state index contributed by atoms with van der Waals surface area (Å²) >= 11 is 0. The summed E-state index contributed by atoms with van der Waals surface area (Å²) in [5, 5.41) is 31.7. The number of nitrogens with zero attached hydrogens (tertiary/aromatic N) is 1. The molecule has 2 bridgehead atoms. The van der Waals surface area contributed by atoms with E-state index in [9.17, 15) is 34.5 Å². The number of ketones is 2. The molecule has 4 aliphatic rings. The molecule has 0 aromatic carbocycles. The van der Waals surface area contributed by atoms with Crippen molar-refractivity contribution in [3.63, 3.8) is 0 Å². The highest BCUT2D eigenvalue weighted by Gasteiger charge is 2.54. The fourth-order valence-electron chi connectivity index (χ4n) is 7.56. The summed E-state index contributed by atoms with van der Waals surface area (Å²) in [7, 11) is 0. The van der Waals surface area contributed by atoms with Crippen LogP contribution in [0, 0.1) is 29.6 Å². The zero-order valence-electron chi connectivity index (χ0n) is 28.0. The van der Waals surface area contributed by atoms with Crippen LogP contribution in [0.5, 0.6) is 0 Å². The average molecular weight is 646 g/mol. The number of hydrogen-bond acceptors (Lipinski definition) is 9. The van der Waals surface area contributed by atoms with E-state index >= 15 is 0 Å². The summed E-state index contributed by atoms with van der Waals surface area (Å²) in [6.07, 6.45) is 12.1. The molecule has 0 spiro atoms. The second-order valence-corrected chi connectivity index (χ2v) is 14.5. The molecule has 3 heterocycles. The van der Waals surface area contributed by atoms with Crippen molar-refractivity contribution in [2.75, 3.05) is 6.54 Å². The number of aliphatic hydroxyl groups excluding tert-OH is 2. The van der Waals surface area contributed by atoms with E-state index in [0.29, 0.717) is 51.4 Å². The van der Waals surface area contributed by atoms with Gasteiger partial charge in [-0.05, 0) is 101 Å². The highest BCUT2D eigenvalue weighted by Crippen LogP contribution is 2.37. The predicted octanol–water partition coefficient (Wildman–Crippen LogP) is 4.04. The van der Waals surface area contributed by atoms with Gasteiger partial charge in [-0.25, -0.2) is 4.79 Å². The average Bonchev–Trinajstić information content (AvgIpc) is 3.52. The number of carbonyl (C=O) groups is 4. The van der Waals surface area contributed by atoms with Gasteiger partial charge in [-0.2, -0.15) is 0 Å². The van der Waals surface area contributed by atoms with E-state index in [1.54, 1.807) is 13.8 Å². The smallest absolute Gasteiger partial charge is 0.329 e. The third-order valence-corrected chi connectivity index (χ3v) is 10.8. The first-order chi connectivity index (χ1) is 21.8. The normalized spacial score (nSPS) is 41.2. The Morgan fingerprint density at radius 3 is 2.41 bits per heavy atom. The van der Waals surface area contributed by atoms with Gasteiger partial charge in [-0.15, -0.1) is 0 Å². The first-order valence-corrected chi connectivity index (χ1v) is 17.5. The van der Waals surface area contributed by atoms with Gasteiger partial charge in [0.1, 0.15) is 12.1 Å². The number of amides is 1. The molecule has 10 nitrogen and oxygen atoms in total. The summed E-state index contributed by atoms with van der Waals surface area (Å²) in [5.41, 5.74) is 0. The molecule has 46 heavy (non-hydrogen) atoms. The SMILES string of the molecule is C[C@@H]1/C=C/CC/C=C/C(=O)[C@H](C)[C@@H]2CC[C@@H](C)[C@@](O)(O2)C(=O)C(=O)N2CCC[C@H]2C(=O)O[C@H]([C@@H](C)C[C@@H]2CC[C@@H](O)[C@H](O)C2)CC1. The maximum atomic E-state index is 13.7. The van der Waals surface area contributed by atoms with Crippen molar-refractivity contribution in [1.82, 2.24) is 4.90 Å². The van der Waals surface area contributed by atoms with E-state index < -0.39 is 65.7 Å². The Morgan fingerprint density at radius 2 is 1.67 bits per heavy atom. The number of aliphatic hydroxyl groups is 3. The number of cyclic esters (lactones) is 1. The molecule has 11 atom stereocenters. The van der Waals surface area contributed by atoms with Crippen LogP contribution in [-0.2, 0) is 28.7 Å². The first-order valence-electron chi connectivity index (χ1n) is 17.5. The second kappa shape index (κ2) is 16.1. The fraction of sp³-hybridized carbons (Fsp3) is 0.778.